The van der Waals surface area contributed by atoms with Crippen LogP contribution in [0.25, 0.3) is 27.5 Å². The van der Waals surface area contributed by atoms with E-state index in [9.17, 15) is 4.79 Å². The Balaban J connectivity index is 1.11. The Bertz CT molecular complexity index is 1530. The Morgan fingerprint density at radius 3 is 2.32 bits per heavy atom. The Hall–Kier alpha value is -4.05. The van der Waals surface area contributed by atoms with Gasteiger partial charge in [0, 0.05) is 12.0 Å². The molecule has 3 aliphatic rings. The van der Waals surface area contributed by atoms with Crippen LogP contribution in [0.1, 0.15) is 48.3 Å². The van der Waals surface area contributed by atoms with E-state index in [1.165, 1.54) is 44.2 Å². The SMILES string of the molecule is COc1ccc2cc(C3=CC4CCCC(C3)N4C(=O)OCC3c4ccccc4-c4ccccc43)ccc2c1. The number of hydrogen-bond donors (Lipinski definition) is 0. The third-order valence-corrected chi connectivity index (χ3v) is 8.60. The number of hydrogen-bond acceptors (Lipinski definition) is 3. The molecule has 2 aliphatic heterocycles. The minimum atomic E-state index is -0.178. The average molecular weight is 502 g/mol. The van der Waals surface area contributed by atoms with Gasteiger partial charge in [0.1, 0.15) is 12.4 Å². The van der Waals surface area contributed by atoms with Crippen LogP contribution in [0.2, 0.25) is 0 Å². The number of amides is 1. The first kappa shape index (κ1) is 23.1. The van der Waals surface area contributed by atoms with Gasteiger partial charge in [-0.3, -0.25) is 4.90 Å². The van der Waals surface area contributed by atoms with E-state index < -0.39 is 0 Å². The van der Waals surface area contributed by atoms with Crippen LogP contribution in [0, 0.1) is 0 Å². The van der Waals surface area contributed by atoms with Crippen LogP contribution < -0.4 is 4.74 Å². The largest absolute Gasteiger partial charge is 0.497 e. The third kappa shape index (κ3) is 3.87. The average Bonchev–Trinajstić information content (AvgIpc) is 3.28. The standard InChI is InChI=1S/C34H31NO3/c1-37-28-16-15-22-17-23(13-14-24(22)20-28)25-18-26-7-6-8-27(19-25)35(26)34(36)38-21-33-31-11-4-2-9-29(31)30-10-3-5-12-32(30)33/h2-5,9-18,20,26-27,33H,6-8,19,21H2,1H3. The fraction of sp³-hybridized carbons (Fsp3) is 0.265. The topological polar surface area (TPSA) is 38.8 Å². The van der Waals surface area contributed by atoms with Gasteiger partial charge in [0.05, 0.1) is 13.2 Å². The molecule has 0 aromatic heterocycles. The summed E-state index contributed by atoms with van der Waals surface area (Å²) in [6.07, 6.45) is 6.13. The number of methoxy groups -OCH3 is 1. The van der Waals surface area contributed by atoms with Crippen molar-refractivity contribution in [3.8, 4) is 16.9 Å². The summed E-state index contributed by atoms with van der Waals surface area (Å²) in [5.74, 6) is 0.953. The van der Waals surface area contributed by atoms with Crippen molar-refractivity contribution in [2.24, 2.45) is 0 Å². The molecular formula is C34H31NO3. The van der Waals surface area contributed by atoms with E-state index in [0.29, 0.717) is 6.61 Å². The molecule has 2 heterocycles. The van der Waals surface area contributed by atoms with Gasteiger partial charge in [-0.05, 0) is 88.0 Å². The van der Waals surface area contributed by atoms with Crippen LogP contribution in [0.4, 0.5) is 4.79 Å². The Kier molecular flexibility index (Phi) is 5.69. The zero-order valence-corrected chi connectivity index (χ0v) is 21.6. The van der Waals surface area contributed by atoms with Crippen LogP contribution in [-0.4, -0.2) is 36.8 Å². The molecule has 1 aliphatic carbocycles. The highest BCUT2D eigenvalue weighted by atomic mass is 16.6. The van der Waals surface area contributed by atoms with Gasteiger partial charge in [-0.2, -0.15) is 0 Å². The second kappa shape index (κ2) is 9.36. The molecule has 1 amide bonds. The summed E-state index contributed by atoms with van der Waals surface area (Å²) in [5.41, 5.74) is 7.57. The number of benzene rings is 4. The molecule has 2 bridgehead atoms. The lowest BCUT2D eigenvalue weighted by Gasteiger charge is -2.44. The molecule has 2 unspecified atom stereocenters. The minimum Gasteiger partial charge on any atom is -0.497 e. The third-order valence-electron chi connectivity index (χ3n) is 8.60. The summed E-state index contributed by atoms with van der Waals surface area (Å²) < 4.78 is 11.5. The first-order valence-corrected chi connectivity index (χ1v) is 13.6. The predicted octanol–water partition coefficient (Wildman–Crippen LogP) is 7.81. The molecule has 7 rings (SSSR count). The van der Waals surface area contributed by atoms with Gasteiger partial charge < -0.3 is 9.47 Å². The van der Waals surface area contributed by atoms with Gasteiger partial charge >= 0.3 is 6.09 Å². The first-order valence-electron chi connectivity index (χ1n) is 13.6. The van der Waals surface area contributed by atoms with Crippen molar-refractivity contribution in [2.45, 2.75) is 43.7 Å². The van der Waals surface area contributed by atoms with E-state index in [4.69, 9.17) is 9.47 Å². The molecular weight excluding hydrogens is 470 g/mol. The van der Waals surface area contributed by atoms with Crippen molar-refractivity contribution in [1.82, 2.24) is 4.90 Å². The van der Waals surface area contributed by atoms with E-state index in [-0.39, 0.29) is 24.1 Å². The van der Waals surface area contributed by atoms with Crippen molar-refractivity contribution >= 4 is 22.4 Å². The molecule has 38 heavy (non-hydrogen) atoms. The van der Waals surface area contributed by atoms with Crippen LogP contribution >= 0.6 is 0 Å². The van der Waals surface area contributed by atoms with Crippen molar-refractivity contribution in [3.63, 3.8) is 0 Å². The van der Waals surface area contributed by atoms with E-state index in [2.05, 4.69) is 84.9 Å². The highest BCUT2D eigenvalue weighted by Gasteiger charge is 2.39. The van der Waals surface area contributed by atoms with E-state index in [0.717, 1.165) is 31.4 Å². The van der Waals surface area contributed by atoms with Crippen molar-refractivity contribution in [2.75, 3.05) is 13.7 Å². The number of rotatable bonds is 4. The number of nitrogens with zero attached hydrogens (tertiary/aromatic N) is 1. The summed E-state index contributed by atoms with van der Waals surface area (Å²) in [5, 5.41) is 2.37. The highest BCUT2D eigenvalue weighted by molar-refractivity contribution is 5.88. The quantitative estimate of drug-likeness (QED) is 0.286. The van der Waals surface area contributed by atoms with Gasteiger partial charge in [-0.1, -0.05) is 72.8 Å². The maximum Gasteiger partial charge on any atom is 0.410 e. The molecule has 4 aromatic carbocycles. The minimum absolute atomic E-state index is 0.0818. The summed E-state index contributed by atoms with van der Waals surface area (Å²) in [4.78, 5) is 15.6. The lowest BCUT2D eigenvalue weighted by atomic mass is 9.83. The van der Waals surface area contributed by atoms with Gasteiger partial charge in [0.2, 0.25) is 0 Å². The zero-order valence-electron chi connectivity index (χ0n) is 21.6. The molecule has 4 heteroatoms. The van der Waals surface area contributed by atoms with Crippen LogP contribution in [-0.2, 0) is 4.74 Å². The maximum atomic E-state index is 13.5. The number of carbonyl (C=O) groups excluding carboxylic acids is 1. The fourth-order valence-corrected chi connectivity index (χ4v) is 6.75. The molecule has 4 aromatic rings. The van der Waals surface area contributed by atoms with Gasteiger partial charge in [0.25, 0.3) is 0 Å². The number of ether oxygens (including phenoxy) is 2. The molecule has 190 valence electrons. The maximum absolute atomic E-state index is 13.5. The Morgan fingerprint density at radius 1 is 0.868 bits per heavy atom. The summed E-state index contributed by atoms with van der Waals surface area (Å²) in [7, 11) is 1.70. The van der Waals surface area contributed by atoms with Crippen LogP contribution in [0.3, 0.4) is 0 Å². The summed E-state index contributed by atoms with van der Waals surface area (Å²) in [6.45, 7) is 0.369. The molecule has 0 saturated carbocycles. The highest BCUT2D eigenvalue weighted by Crippen LogP contribution is 2.45. The smallest absolute Gasteiger partial charge is 0.410 e. The Morgan fingerprint density at radius 2 is 1.58 bits per heavy atom. The van der Waals surface area contributed by atoms with Crippen molar-refractivity contribution < 1.29 is 14.3 Å². The van der Waals surface area contributed by atoms with E-state index >= 15 is 0 Å². The lowest BCUT2D eigenvalue weighted by molar-refractivity contribution is 0.0539. The van der Waals surface area contributed by atoms with E-state index in [1.807, 2.05) is 11.0 Å². The fourth-order valence-electron chi connectivity index (χ4n) is 6.75. The number of carbonyl (C=O) groups is 1. The molecule has 1 fully saturated rings. The zero-order chi connectivity index (χ0) is 25.6. The van der Waals surface area contributed by atoms with Gasteiger partial charge in [0.15, 0.2) is 0 Å². The van der Waals surface area contributed by atoms with E-state index in [1.54, 1.807) is 7.11 Å². The second-order valence-electron chi connectivity index (χ2n) is 10.7. The number of fused-ring (bicyclic) bond motifs is 6. The summed E-state index contributed by atoms with van der Waals surface area (Å²) in [6, 6.07) is 30.1. The molecule has 2 atom stereocenters. The molecule has 0 spiro atoms. The van der Waals surface area contributed by atoms with Crippen molar-refractivity contribution in [3.05, 3.63) is 108 Å². The first-order chi connectivity index (χ1) is 18.7. The molecule has 0 N–H and O–H groups in total. The van der Waals surface area contributed by atoms with Crippen LogP contribution in [0.5, 0.6) is 5.75 Å². The number of piperidine rings is 1. The molecule has 1 saturated heterocycles. The van der Waals surface area contributed by atoms with Crippen LogP contribution in [0.15, 0.2) is 91.0 Å². The monoisotopic (exact) mass is 501 g/mol. The Labute approximate surface area is 223 Å². The normalized spacial score (nSPS) is 20.0. The van der Waals surface area contributed by atoms with Gasteiger partial charge in [-0.15, -0.1) is 0 Å². The molecule has 4 nitrogen and oxygen atoms in total. The predicted molar refractivity (Wildman–Crippen MR) is 151 cm³/mol. The van der Waals surface area contributed by atoms with Crippen molar-refractivity contribution in [1.29, 1.82) is 0 Å². The second-order valence-corrected chi connectivity index (χ2v) is 10.7. The molecule has 0 radical (unpaired) electrons. The summed E-state index contributed by atoms with van der Waals surface area (Å²) >= 11 is 0. The van der Waals surface area contributed by atoms with Gasteiger partial charge in [-0.25, -0.2) is 4.79 Å². The lowest BCUT2D eigenvalue weighted by Crippen LogP contribution is -2.51.